The molecule has 0 spiro atoms. The summed E-state index contributed by atoms with van der Waals surface area (Å²) >= 11 is 0. The maximum absolute atomic E-state index is 11.4. The van der Waals surface area contributed by atoms with E-state index in [1.165, 1.54) is 7.11 Å². The maximum Gasteiger partial charge on any atom is 0.326 e. The first-order valence-electron chi connectivity index (χ1n) is 5.68. The predicted octanol–water partition coefficient (Wildman–Crippen LogP) is -0.0644. The third kappa shape index (κ3) is 7.61. The lowest BCUT2D eigenvalue weighted by molar-refractivity contribution is -0.144. The zero-order valence-corrected chi connectivity index (χ0v) is 10.6. The lowest BCUT2D eigenvalue weighted by atomic mass is 10.1. The molecule has 1 atom stereocenters. The van der Waals surface area contributed by atoms with Crippen molar-refractivity contribution in [1.82, 2.24) is 5.32 Å². The Morgan fingerprint density at radius 2 is 1.94 bits per heavy atom. The highest BCUT2D eigenvalue weighted by atomic mass is 16.5. The lowest BCUT2D eigenvalue weighted by Gasteiger charge is -2.13. The van der Waals surface area contributed by atoms with E-state index in [9.17, 15) is 14.4 Å². The van der Waals surface area contributed by atoms with Crippen LogP contribution >= 0.6 is 0 Å². The van der Waals surface area contributed by atoms with Crippen LogP contribution in [0.4, 0.5) is 0 Å². The van der Waals surface area contributed by atoms with Crippen LogP contribution in [-0.2, 0) is 23.9 Å². The minimum atomic E-state index is -1.18. The van der Waals surface area contributed by atoms with Crippen LogP contribution in [0.15, 0.2) is 0 Å². The number of aliphatic carboxylic acids is 1. The molecule has 0 fully saturated rings. The third-order valence-corrected chi connectivity index (χ3v) is 2.18. The summed E-state index contributed by atoms with van der Waals surface area (Å²) < 4.78 is 9.38. The van der Waals surface area contributed by atoms with Gasteiger partial charge in [-0.25, -0.2) is 4.79 Å². The van der Waals surface area contributed by atoms with E-state index in [1.807, 2.05) is 0 Å². The van der Waals surface area contributed by atoms with Crippen molar-refractivity contribution in [2.45, 2.75) is 32.2 Å². The number of amides is 1. The van der Waals surface area contributed by atoms with E-state index in [2.05, 4.69) is 10.1 Å². The molecule has 0 radical (unpaired) electrons. The van der Waals surface area contributed by atoms with Gasteiger partial charge in [0.05, 0.1) is 13.7 Å². The third-order valence-electron chi connectivity index (χ3n) is 2.18. The Morgan fingerprint density at radius 1 is 1.28 bits per heavy atom. The van der Waals surface area contributed by atoms with Crippen LogP contribution in [0.25, 0.3) is 0 Å². The number of hydrogen-bond acceptors (Lipinski definition) is 5. The number of methoxy groups -OCH3 is 1. The van der Waals surface area contributed by atoms with E-state index in [1.54, 1.807) is 6.92 Å². The van der Waals surface area contributed by atoms with E-state index in [0.29, 0.717) is 6.61 Å². The molecule has 0 heterocycles. The molecule has 0 aliphatic heterocycles. The summed E-state index contributed by atoms with van der Waals surface area (Å²) in [6, 6.07) is -1.08. The standard InChI is InChI=1S/C11H19NO6/c1-3-18-7-6-9(13)12-8(11(15)16)4-5-10(14)17-2/h8H,3-7H2,1-2H3,(H,12,13)(H,15,16)/t8-/m0/s1. The summed E-state index contributed by atoms with van der Waals surface area (Å²) in [6.45, 7) is 2.54. The monoisotopic (exact) mass is 261 g/mol. The van der Waals surface area contributed by atoms with Gasteiger partial charge in [-0.3, -0.25) is 9.59 Å². The zero-order valence-electron chi connectivity index (χ0n) is 10.6. The second-order valence-corrected chi connectivity index (χ2v) is 3.52. The molecule has 0 bridgehead atoms. The van der Waals surface area contributed by atoms with E-state index >= 15 is 0 Å². The van der Waals surface area contributed by atoms with Crippen LogP contribution < -0.4 is 5.32 Å². The smallest absolute Gasteiger partial charge is 0.326 e. The Morgan fingerprint density at radius 3 is 2.44 bits per heavy atom. The van der Waals surface area contributed by atoms with Gasteiger partial charge >= 0.3 is 11.9 Å². The molecule has 0 rings (SSSR count). The molecule has 18 heavy (non-hydrogen) atoms. The van der Waals surface area contributed by atoms with Crippen LogP contribution in [0.5, 0.6) is 0 Å². The number of ether oxygens (including phenoxy) is 2. The van der Waals surface area contributed by atoms with Crippen molar-refractivity contribution in [3.63, 3.8) is 0 Å². The molecule has 7 heteroatoms. The van der Waals surface area contributed by atoms with Gasteiger partial charge in [0.25, 0.3) is 0 Å². The average molecular weight is 261 g/mol. The van der Waals surface area contributed by atoms with E-state index in [4.69, 9.17) is 9.84 Å². The molecule has 104 valence electrons. The molecule has 2 N–H and O–H groups in total. The fourth-order valence-corrected chi connectivity index (χ4v) is 1.20. The molecule has 0 aliphatic carbocycles. The highest BCUT2D eigenvalue weighted by Crippen LogP contribution is 2.00. The van der Waals surface area contributed by atoms with Gasteiger partial charge in [0.1, 0.15) is 6.04 Å². The number of rotatable bonds is 9. The Hall–Kier alpha value is -1.63. The van der Waals surface area contributed by atoms with Gasteiger partial charge in [-0.15, -0.1) is 0 Å². The SMILES string of the molecule is CCOCCC(=O)N[C@@H](CCC(=O)OC)C(=O)O. The van der Waals surface area contributed by atoms with Gasteiger partial charge in [-0.05, 0) is 13.3 Å². The second-order valence-electron chi connectivity index (χ2n) is 3.52. The molecule has 0 aliphatic rings. The van der Waals surface area contributed by atoms with Crippen molar-refractivity contribution in [2.75, 3.05) is 20.3 Å². The van der Waals surface area contributed by atoms with Crippen molar-refractivity contribution < 1.29 is 29.0 Å². The molecule has 0 aromatic carbocycles. The van der Waals surface area contributed by atoms with Gasteiger partial charge < -0.3 is 19.9 Å². The van der Waals surface area contributed by atoms with Crippen molar-refractivity contribution >= 4 is 17.8 Å². The largest absolute Gasteiger partial charge is 0.480 e. The summed E-state index contributed by atoms with van der Waals surface area (Å²) in [7, 11) is 1.22. The van der Waals surface area contributed by atoms with Crippen LogP contribution in [0.1, 0.15) is 26.2 Å². The fraction of sp³-hybridized carbons (Fsp3) is 0.727. The summed E-state index contributed by atoms with van der Waals surface area (Å²) in [5, 5.41) is 11.2. The molecule has 0 aromatic rings. The molecule has 0 aromatic heterocycles. The number of hydrogen-bond donors (Lipinski definition) is 2. The first kappa shape index (κ1) is 16.4. The highest BCUT2D eigenvalue weighted by Gasteiger charge is 2.20. The summed E-state index contributed by atoms with van der Waals surface area (Å²) in [5.41, 5.74) is 0. The van der Waals surface area contributed by atoms with Gasteiger partial charge in [0, 0.05) is 19.4 Å². The van der Waals surface area contributed by atoms with Crippen molar-refractivity contribution in [3.8, 4) is 0 Å². The van der Waals surface area contributed by atoms with E-state index < -0.39 is 23.9 Å². The van der Waals surface area contributed by atoms with Gasteiger partial charge in [0.15, 0.2) is 0 Å². The van der Waals surface area contributed by atoms with Crippen molar-refractivity contribution in [2.24, 2.45) is 0 Å². The second kappa shape index (κ2) is 9.41. The van der Waals surface area contributed by atoms with Crippen LogP contribution in [0.3, 0.4) is 0 Å². The Bertz CT molecular complexity index is 291. The summed E-state index contributed by atoms with van der Waals surface area (Å²) in [6.07, 6.45) is 0.0391. The highest BCUT2D eigenvalue weighted by molar-refractivity contribution is 5.84. The Kier molecular flexibility index (Phi) is 8.55. The maximum atomic E-state index is 11.4. The molecule has 0 saturated carbocycles. The van der Waals surface area contributed by atoms with Crippen molar-refractivity contribution in [1.29, 1.82) is 0 Å². The minimum absolute atomic E-state index is 0.00236. The molecule has 0 unspecified atom stereocenters. The molecule has 0 saturated heterocycles. The van der Waals surface area contributed by atoms with Gasteiger partial charge in [-0.1, -0.05) is 0 Å². The first-order valence-corrected chi connectivity index (χ1v) is 5.68. The molecular weight excluding hydrogens is 242 g/mol. The van der Waals surface area contributed by atoms with Crippen molar-refractivity contribution in [3.05, 3.63) is 0 Å². The quantitative estimate of drug-likeness (QED) is 0.445. The number of nitrogens with one attached hydrogen (secondary N) is 1. The average Bonchev–Trinajstić information content (AvgIpc) is 2.33. The van der Waals surface area contributed by atoms with Gasteiger partial charge in [-0.2, -0.15) is 0 Å². The fourth-order valence-electron chi connectivity index (χ4n) is 1.20. The number of carboxylic acids is 1. The van der Waals surface area contributed by atoms with Gasteiger partial charge in [0.2, 0.25) is 5.91 Å². The lowest BCUT2D eigenvalue weighted by Crippen LogP contribution is -2.41. The first-order chi connectivity index (χ1) is 8.51. The molecule has 1 amide bonds. The summed E-state index contributed by atoms with van der Waals surface area (Å²) in [4.78, 5) is 33.1. The molecule has 7 nitrogen and oxygen atoms in total. The number of carboxylic acid groups (broad SMARTS) is 1. The van der Waals surface area contributed by atoms with Crippen LogP contribution in [-0.4, -0.2) is 49.3 Å². The normalized spacial score (nSPS) is 11.7. The van der Waals surface area contributed by atoms with Crippen LogP contribution in [0, 0.1) is 0 Å². The number of carbonyl (C=O) groups is 3. The minimum Gasteiger partial charge on any atom is -0.480 e. The van der Waals surface area contributed by atoms with E-state index in [0.717, 1.165) is 0 Å². The Balaban J connectivity index is 4.06. The Labute approximate surface area is 105 Å². The van der Waals surface area contributed by atoms with Crippen LogP contribution in [0.2, 0.25) is 0 Å². The summed E-state index contributed by atoms with van der Waals surface area (Å²) in [5.74, 6) is -2.10. The number of esters is 1. The molecular formula is C11H19NO6. The topological polar surface area (TPSA) is 102 Å². The zero-order chi connectivity index (χ0) is 14.0. The predicted molar refractivity (Wildman–Crippen MR) is 61.9 cm³/mol. The van der Waals surface area contributed by atoms with E-state index in [-0.39, 0.29) is 25.9 Å². The number of carbonyl (C=O) groups excluding carboxylic acids is 2.